The highest BCUT2D eigenvalue weighted by molar-refractivity contribution is 7.99. The number of rotatable bonds is 12. The van der Waals surface area contributed by atoms with Crippen molar-refractivity contribution in [2.45, 2.75) is 42.4 Å². The molecule has 0 saturated carbocycles. The van der Waals surface area contributed by atoms with Gasteiger partial charge in [-0.1, -0.05) is 111 Å². The Balaban J connectivity index is 1.26. The topological polar surface area (TPSA) is 67.6 Å². The van der Waals surface area contributed by atoms with Gasteiger partial charge in [-0.15, -0.1) is 0 Å². The zero-order valence-electron chi connectivity index (χ0n) is 26.9. The second kappa shape index (κ2) is 15.4. The highest BCUT2D eigenvalue weighted by atomic mass is 32.2. The fourth-order valence-corrected chi connectivity index (χ4v) is 7.08. The summed E-state index contributed by atoms with van der Waals surface area (Å²) in [7, 11) is 0. The van der Waals surface area contributed by atoms with E-state index < -0.39 is 5.97 Å². The van der Waals surface area contributed by atoms with Crippen LogP contribution >= 0.6 is 11.8 Å². The van der Waals surface area contributed by atoms with E-state index in [1.807, 2.05) is 30.3 Å². The Morgan fingerprint density at radius 2 is 1.27 bits per heavy atom. The van der Waals surface area contributed by atoms with E-state index in [9.17, 15) is 15.2 Å². The molecule has 5 nitrogen and oxygen atoms in total. The minimum Gasteiger partial charge on any atom is -0.477 e. The average Bonchev–Trinajstić information content (AvgIpc) is 3.12. The highest BCUT2D eigenvalue weighted by Gasteiger charge is 2.24. The third-order valence-corrected chi connectivity index (χ3v) is 9.41. The number of carbonyl (C=O) groups is 1. The molecule has 1 aliphatic heterocycles. The quantitative estimate of drug-likeness (QED) is 0.0629. The van der Waals surface area contributed by atoms with Gasteiger partial charge in [0.15, 0.2) is 0 Å². The Morgan fingerprint density at radius 3 is 1.85 bits per heavy atom. The molecule has 0 amide bonds. The van der Waals surface area contributed by atoms with Gasteiger partial charge in [0.1, 0.15) is 11.6 Å². The largest absolute Gasteiger partial charge is 0.477 e. The second-order valence-electron chi connectivity index (χ2n) is 11.7. The standard InChI is InChI=1S/C42H37N3O2S/c1-2-3-4-11-26-44-38-24-20-32(28-40(38)48-41-29-33(21-25-39(41)44)27-34(30-43)42(46)47)17-16-31-18-22-37(23-19-31)45(35-12-7-5-8-13-35)36-14-9-6-10-15-36/h5-10,12-25,27-29H,2-4,11,26H2,1H3,(H,46,47)/b17-16+,34-27+. The highest BCUT2D eigenvalue weighted by Crippen LogP contribution is 2.49. The molecule has 6 rings (SSSR count). The van der Waals surface area contributed by atoms with Crippen LogP contribution in [0.5, 0.6) is 0 Å². The SMILES string of the molecule is CCCCCCN1c2ccc(/C=C/c3ccc(N(c4ccccc4)c4ccccc4)cc3)cc2Sc2cc(/C=C(\C#N)C(=O)O)ccc21. The lowest BCUT2D eigenvalue weighted by Crippen LogP contribution is -2.22. The normalized spacial score (nSPS) is 12.3. The summed E-state index contributed by atoms with van der Waals surface area (Å²) >= 11 is 1.68. The lowest BCUT2D eigenvalue weighted by atomic mass is 10.1. The molecule has 0 saturated heterocycles. The first kappa shape index (κ1) is 32.4. The van der Waals surface area contributed by atoms with Gasteiger partial charge >= 0.3 is 5.97 Å². The van der Waals surface area contributed by atoms with E-state index in [0.29, 0.717) is 5.56 Å². The second-order valence-corrected chi connectivity index (χ2v) is 12.8. The van der Waals surface area contributed by atoms with Crippen LogP contribution in [-0.4, -0.2) is 17.6 Å². The van der Waals surface area contributed by atoms with Crippen LogP contribution in [0.25, 0.3) is 18.2 Å². The van der Waals surface area contributed by atoms with E-state index in [0.717, 1.165) is 56.6 Å². The van der Waals surface area contributed by atoms with E-state index in [4.69, 9.17) is 0 Å². The van der Waals surface area contributed by atoms with Crippen molar-refractivity contribution >= 4 is 64.4 Å². The number of unbranched alkanes of at least 4 members (excludes halogenated alkanes) is 3. The van der Waals surface area contributed by atoms with Crippen molar-refractivity contribution in [2.75, 3.05) is 16.3 Å². The summed E-state index contributed by atoms with van der Waals surface area (Å²) in [5.41, 5.74) is 8.22. The fraction of sp³-hybridized carbons (Fsp3) is 0.143. The van der Waals surface area contributed by atoms with E-state index in [1.54, 1.807) is 17.8 Å². The van der Waals surface area contributed by atoms with Gasteiger partial charge in [-0.3, -0.25) is 0 Å². The van der Waals surface area contributed by atoms with E-state index >= 15 is 0 Å². The monoisotopic (exact) mass is 647 g/mol. The maximum Gasteiger partial charge on any atom is 0.346 e. The summed E-state index contributed by atoms with van der Waals surface area (Å²) in [5, 5.41) is 18.7. The smallest absolute Gasteiger partial charge is 0.346 e. The molecule has 0 aliphatic carbocycles. The first-order chi connectivity index (χ1) is 23.5. The fourth-order valence-electron chi connectivity index (χ4n) is 5.89. The molecule has 0 fully saturated rings. The summed E-state index contributed by atoms with van der Waals surface area (Å²) < 4.78 is 0. The third kappa shape index (κ3) is 7.54. The van der Waals surface area contributed by atoms with Crippen LogP contribution in [0.2, 0.25) is 0 Å². The number of aliphatic carboxylic acids is 1. The maximum absolute atomic E-state index is 11.5. The zero-order valence-corrected chi connectivity index (χ0v) is 27.7. The van der Waals surface area contributed by atoms with Crippen LogP contribution in [0.3, 0.4) is 0 Å². The molecule has 5 aromatic rings. The number of nitrogens with zero attached hydrogens (tertiary/aromatic N) is 3. The Bertz CT molecular complexity index is 1940. The van der Waals surface area contributed by atoms with Crippen LogP contribution in [-0.2, 0) is 4.79 Å². The molecule has 48 heavy (non-hydrogen) atoms. The van der Waals surface area contributed by atoms with Gasteiger partial charge in [-0.2, -0.15) is 5.26 Å². The minimum atomic E-state index is -1.22. The lowest BCUT2D eigenvalue weighted by molar-refractivity contribution is -0.132. The van der Waals surface area contributed by atoms with Crippen LogP contribution in [0.1, 0.15) is 49.3 Å². The predicted octanol–water partition coefficient (Wildman–Crippen LogP) is 11.5. The van der Waals surface area contributed by atoms with Crippen LogP contribution < -0.4 is 9.80 Å². The van der Waals surface area contributed by atoms with Crippen molar-refractivity contribution in [3.63, 3.8) is 0 Å². The predicted molar refractivity (Wildman–Crippen MR) is 199 cm³/mol. The number of fused-ring (bicyclic) bond motifs is 2. The number of carboxylic acid groups (broad SMARTS) is 1. The van der Waals surface area contributed by atoms with Crippen molar-refractivity contribution in [3.8, 4) is 6.07 Å². The first-order valence-electron chi connectivity index (χ1n) is 16.3. The van der Waals surface area contributed by atoms with Gasteiger partial charge in [0.25, 0.3) is 0 Å². The first-order valence-corrected chi connectivity index (χ1v) is 17.1. The molecule has 1 N–H and O–H groups in total. The number of hydrogen-bond donors (Lipinski definition) is 1. The molecule has 0 aromatic heterocycles. The molecule has 238 valence electrons. The summed E-state index contributed by atoms with van der Waals surface area (Å²) in [6.07, 6.45) is 10.4. The molecular weight excluding hydrogens is 611 g/mol. The van der Waals surface area contributed by atoms with Gasteiger partial charge in [0.05, 0.1) is 11.4 Å². The van der Waals surface area contributed by atoms with Crippen molar-refractivity contribution in [3.05, 3.63) is 144 Å². The van der Waals surface area contributed by atoms with Crippen LogP contribution in [0, 0.1) is 11.3 Å². The van der Waals surface area contributed by atoms with Gasteiger partial charge in [0, 0.05) is 33.4 Å². The minimum absolute atomic E-state index is 0.277. The Hall–Kier alpha value is -5.51. The van der Waals surface area contributed by atoms with Gasteiger partial charge in [0.2, 0.25) is 0 Å². The average molecular weight is 648 g/mol. The molecule has 0 radical (unpaired) electrons. The van der Waals surface area contributed by atoms with Crippen molar-refractivity contribution in [1.82, 2.24) is 0 Å². The maximum atomic E-state index is 11.5. The van der Waals surface area contributed by atoms with Crippen molar-refractivity contribution < 1.29 is 9.90 Å². The van der Waals surface area contributed by atoms with Crippen molar-refractivity contribution in [1.29, 1.82) is 5.26 Å². The summed E-state index contributed by atoms with van der Waals surface area (Å²) in [6.45, 7) is 3.12. The zero-order chi connectivity index (χ0) is 33.3. The number of nitriles is 1. The van der Waals surface area contributed by atoms with Gasteiger partial charge in [-0.25, -0.2) is 4.79 Å². The molecular formula is C42H37N3O2S. The summed E-state index contributed by atoms with van der Waals surface area (Å²) in [4.78, 5) is 18.3. The van der Waals surface area contributed by atoms with Gasteiger partial charge in [-0.05, 0) is 89.9 Å². The molecule has 0 spiro atoms. The van der Waals surface area contributed by atoms with Crippen molar-refractivity contribution in [2.24, 2.45) is 0 Å². The number of benzene rings is 5. The molecule has 5 aromatic carbocycles. The Kier molecular flexibility index (Phi) is 10.4. The number of para-hydroxylation sites is 2. The number of hydrogen-bond acceptors (Lipinski definition) is 5. The number of anilines is 5. The lowest BCUT2D eigenvalue weighted by Gasteiger charge is -2.33. The Labute approximate surface area is 287 Å². The molecule has 0 atom stereocenters. The molecule has 6 heteroatoms. The van der Waals surface area contributed by atoms with E-state index in [2.05, 4.69) is 120 Å². The molecule has 1 heterocycles. The molecule has 0 bridgehead atoms. The summed E-state index contributed by atoms with van der Waals surface area (Å²) in [5.74, 6) is -1.22. The Morgan fingerprint density at radius 1 is 0.729 bits per heavy atom. The molecule has 1 aliphatic rings. The number of carboxylic acids is 1. The van der Waals surface area contributed by atoms with Gasteiger partial charge < -0.3 is 14.9 Å². The molecule has 0 unspecified atom stereocenters. The van der Waals surface area contributed by atoms with Crippen LogP contribution in [0.15, 0.2) is 137 Å². The summed E-state index contributed by atoms with van der Waals surface area (Å²) in [6, 6.07) is 43.7. The third-order valence-electron chi connectivity index (χ3n) is 8.31. The van der Waals surface area contributed by atoms with E-state index in [-0.39, 0.29) is 5.57 Å². The van der Waals surface area contributed by atoms with Crippen LogP contribution in [0.4, 0.5) is 28.4 Å². The van der Waals surface area contributed by atoms with E-state index in [1.165, 1.54) is 31.0 Å².